The van der Waals surface area contributed by atoms with Crippen molar-refractivity contribution in [2.24, 2.45) is 5.92 Å². The van der Waals surface area contributed by atoms with E-state index in [0.29, 0.717) is 45.6 Å². The average molecular weight is 568 g/mol. The van der Waals surface area contributed by atoms with E-state index < -0.39 is 6.04 Å². The highest BCUT2D eigenvalue weighted by Gasteiger charge is 2.27. The Labute approximate surface area is 224 Å². The summed E-state index contributed by atoms with van der Waals surface area (Å²) < 4.78 is 2.51. The normalized spacial score (nSPS) is 12.1. The summed E-state index contributed by atoms with van der Waals surface area (Å²) in [6, 6.07) is 21.0. The minimum Gasteiger partial charge on any atom is -0.315 e. The Kier molecular flexibility index (Phi) is 8.11. The Morgan fingerprint density at radius 2 is 1.78 bits per heavy atom. The fourth-order valence-electron chi connectivity index (χ4n) is 4.04. The molecule has 1 heterocycles. The number of hydrogen-bond donors (Lipinski definition) is 1. The first-order valence-corrected chi connectivity index (χ1v) is 13.0. The number of para-hydroxylation sites is 1. The molecule has 1 N–H and O–H groups in total. The molecule has 0 aliphatic rings. The molecule has 4 rings (SSSR count). The van der Waals surface area contributed by atoms with Gasteiger partial charge in [-0.1, -0.05) is 59.6 Å². The van der Waals surface area contributed by atoms with Gasteiger partial charge in [0.05, 0.1) is 22.6 Å². The van der Waals surface area contributed by atoms with Crippen molar-refractivity contribution in [1.82, 2.24) is 14.5 Å². The number of anilines is 1. The second-order valence-corrected chi connectivity index (χ2v) is 10.4. The lowest BCUT2D eigenvalue weighted by Crippen LogP contribution is -2.40. The number of rotatable bonds is 7. The molecule has 1 atom stereocenters. The number of fused-ring (bicyclic) bond motifs is 1. The summed E-state index contributed by atoms with van der Waals surface area (Å²) >= 11 is 9.59. The number of nitrogens with zero attached hydrogens (tertiary/aromatic N) is 3. The minimum atomic E-state index is -0.496. The van der Waals surface area contributed by atoms with Crippen LogP contribution < -0.4 is 10.9 Å². The number of aromatic nitrogens is 2. The molecule has 0 saturated carbocycles. The van der Waals surface area contributed by atoms with Gasteiger partial charge in [-0.05, 0) is 73.9 Å². The first-order valence-electron chi connectivity index (χ1n) is 11.9. The van der Waals surface area contributed by atoms with Gasteiger partial charge in [0.1, 0.15) is 5.82 Å². The molecular formula is C28H28BrClN4O2. The fourth-order valence-corrected chi connectivity index (χ4v) is 4.49. The van der Waals surface area contributed by atoms with Crippen LogP contribution in [0.15, 0.2) is 82.1 Å². The number of nitrogens with one attached hydrogen (secondary N) is 1. The van der Waals surface area contributed by atoms with Crippen LogP contribution in [0.5, 0.6) is 0 Å². The van der Waals surface area contributed by atoms with Crippen molar-refractivity contribution in [3.05, 3.63) is 98.5 Å². The molecule has 6 nitrogen and oxygen atoms in total. The van der Waals surface area contributed by atoms with E-state index in [-0.39, 0.29) is 11.6 Å². The lowest BCUT2D eigenvalue weighted by Gasteiger charge is -2.31. The van der Waals surface area contributed by atoms with Gasteiger partial charge in [0.2, 0.25) is 0 Å². The maximum Gasteiger partial charge on any atom is 0.322 e. The highest BCUT2D eigenvalue weighted by atomic mass is 79.9. The third kappa shape index (κ3) is 5.79. The van der Waals surface area contributed by atoms with Crippen LogP contribution in [0, 0.1) is 5.92 Å². The second-order valence-electron chi connectivity index (χ2n) is 9.10. The third-order valence-corrected chi connectivity index (χ3v) is 6.78. The highest BCUT2D eigenvalue weighted by molar-refractivity contribution is 9.10. The van der Waals surface area contributed by atoms with E-state index in [1.807, 2.05) is 49.4 Å². The van der Waals surface area contributed by atoms with Crippen molar-refractivity contribution in [2.45, 2.75) is 33.2 Å². The Balaban J connectivity index is 1.82. The van der Waals surface area contributed by atoms with E-state index >= 15 is 0 Å². The Hall–Kier alpha value is -3.16. The molecule has 36 heavy (non-hydrogen) atoms. The molecule has 0 radical (unpaired) electrons. The van der Waals surface area contributed by atoms with Crippen molar-refractivity contribution in [1.29, 1.82) is 0 Å². The number of hydrogen-bond acceptors (Lipinski definition) is 3. The first kappa shape index (κ1) is 25.9. The molecule has 0 spiro atoms. The van der Waals surface area contributed by atoms with Gasteiger partial charge in [-0.2, -0.15) is 0 Å². The summed E-state index contributed by atoms with van der Waals surface area (Å²) in [5.41, 5.74) is 1.70. The second kappa shape index (κ2) is 11.3. The molecule has 1 unspecified atom stereocenters. The fraction of sp³-hybridized carbons (Fsp3) is 0.250. The molecule has 2 amide bonds. The number of amides is 2. The molecule has 0 fully saturated rings. The SMILES string of the molecule is CC(C)CCN(C(=O)Nc1cccc(Cl)c1)C(C)c1nc2ccccc2c(=O)n1-c1ccc(Br)cc1. The molecule has 186 valence electrons. The van der Waals surface area contributed by atoms with Gasteiger partial charge in [0.15, 0.2) is 0 Å². The highest BCUT2D eigenvalue weighted by Crippen LogP contribution is 2.26. The lowest BCUT2D eigenvalue weighted by atomic mass is 10.1. The number of urea groups is 1. The van der Waals surface area contributed by atoms with E-state index in [1.165, 1.54) is 0 Å². The van der Waals surface area contributed by atoms with Crippen LogP contribution in [0.1, 0.15) is 39.1 Å². The Morgan fingerprint density at radius 3 is 2.47 bits per heavy atom. The van der Waals surface area contributed by atoms with Gasteiger partial charge in [0, 0.05) is 21.7 Å². The van der Waals surface area contributed by atoms with Crippen molar-refractivity contribution in [2.75, 3.05) is 11.9 Å². The molecule has 8 heteroatoms. The maximum atomic E-state index is 13.7. The average Bonchev–Trinajstić information content (AvgIpc) is 2.84. The molecule has 0 saturated heterocycles. The van der Waals surface area contributed by atoms with Crippen LogP contribution in [0.3, 0.4) is 0 Å². The summed E-state index contributed by atoms with van der Waals surface area (Å²) in [5, 5.41) is 4.02. The van der Waals surface area contributed by atoms with Gasteiger partial charge in [-0.25, -0.2) is 9.78 Å². The van der Waals surface area contributed by atoms with Crippen LogP contribution in [-0.2, 0) is 0 Å². The molecule has 3 aromatic carbocycles. The maximum absolute atomic E-state index is 13.7. The van der Waals surface area contributed by atoms with Crippen molar-refractivity contribution >= 4 is 50.2 Å². The molecule has 0 bridgehead atoms. The van der Waals surface area contributed by atoms with Crippen LogP contribution in [0.25, 0.3) is 16.6 Å². The van der Waals surface area contributed by atoms with E-state index in [9.17, 15) is 9.59 Å². The smallest absolute Gasteiger partial charge is 0.315 e. The van der Waals surface area contributed by atoms with E-state index in [0.717, 1.165) is 10.9 Å². The quantitative estimate of drug-likeness (QED) is 0.252. The summed E-state index contributed by atoms with van der Waals surface area (Å²) in [4.78, 5) is 33.9. The van der Waals surface area contributed by atoms with Gasteiger partial charge in [-0.3, -0.25) is 9.36 Å². The van der Waals surface area contributed by atoms with Crippen molar-refractivity contribution < 1.29 is 4.79 Å². The molecule has 0 aliphatic carbocycles. The number of carbonyl (C=O) groups is 1. The van der Waals surface area contributed by atoms with Gasteiger partial charge in [0.25, 0.3) is 5.56 Å². The van der Waals surface area contributed by atoms with Crippen molar-refractivity contribution in [3.63, 3.8) is 0 Å². The zero-order valence-electron chi connectivity index (χ0n) is 20.4. The van der Waals surface area contributed by atoms with Crippen molar-refractivity contribution in [3.8, 4) is 5.69 Å². The minimum absolute atomic E-state index is 0.177. The third-order valence-electron chi connectivity index (χ3n) is 6.01. The van der Waals surface area contributed by atoms with E-state index in [2.05, 4.69) is 35.1 Å². The first-order chi connectivity index (χ1) is 17.2. The summed E-state index contributed by atoms with van der Waals surface area (Å²) in [7, 11) is 0. The zero-order valence-corrected chi connectivity index (χ0v) is 22.8. The lowest BCUT2D eigenvalue weighted by molar-refractivity contribution is 0.185. The van der Waals surface area contributed by atoms with Gasteiger partial charge in [-0.15, -0.1) is 0 Å². The van der Waals surface area contributed by atoms with Crippen LogP contribution in [0.4, 0.5) is 10.5 Å². The van der Waals surface area contributed by atoms with Crippen LogP contribution >= 0.6 is 27.5 Å². The largest absolute Gasteiger partial charge is 0.322 e. The summed E-state index contributed by atoms with van der Waals surface area (Å²) in [6.07, 6.45) is 0.795. The van der Waals surface area contributed by atoms with Crippen LogP contribution in [-0.4, -0.2) is 27.0 Å². The number of carbonyl (C=O) groups excluding carboxylic acids is 1. The number of halogens is 2. The Bertz CT molecular complexity index is 1440. The predicted molar refractivity (Wildman–Crippen MR) is 150 cm³/mol. The zero-order chi connectivity index (χ0) is 25.8. The van der Waals surface area contributed by atoms with E-state index in [1.54, 1.807) is 39.8 Å². The monoisotopic (exact) mass is 566 g/mol. The molecule has 4 aromatic rings. The predicted octanol–water partition coefficient (Wildman–Crippen LogP) is 7.44. The summed E-state index contributed by atoms with van der Waals surface area (Å²) in [5.74, 6) is 0.878. The van der Waals surface area contributed by atoms with Gasteiger partial charge < -0.3 is 10.2 Å². The molecule has 1 aromatic heterocycles. The van der Waals surface area contributed by atoms with Crippen LogP contribution in [0.2, 0.25) is 5.02 Å². The standard InChI is InChI=1S/C28H28BrClN4O2/c1-18(2)15-16-33(28(36)31-22-8-6-7-21(30)17-22)19(3)26-32-25-10-5-4-9-24(25)27(35)34(26)23-13-11-20(29)12-14-23/h4-14,17-19H,15-16H2,1-3H3,(H,31,36). The molecule has 0 aliphatic heterocycles. The topological polar surface area (TPSA) is 67.2 Å². The van der Waals surface area contributed by atoms with Gasteiger partial charge >= 0.3 is 6.03 Å². The summed E-state index contributed by atoms with van der Waals surface area (Å²) in [6.45, 7) is 6.63. The Morgan fingerprint density at radius 1 is 1.06 bits per heavy atom. The number of benzene rings is 3. The molecular weight excluding hydrogens is 540 g/mol. The van der Waals surface area contributed by atoms with E-state index in [4.69, 9.17) is 16.6 Å².